The highest BCUT2D eigenvalue weighted by atomic mass is 32.1. The number of carbonyl (C=O) groups excluding carboxylic acids is 1. The third kappa shape index (κ3) is 4.27. The predicted molar refractivity (Wildman–Crippen MR) is 133 cm³/mol. The van der Waals surface area contributed by atoms with Gasteiger partial charge in [-0.25, -0.2) is 0 Å². The van der Waals surface area contributed by atoms with Crippen LogP contribution in [-0.4, -0.2) is 25.4 Å². The molecule has 156 valence electrons. The lowest BCUT2D eigenvalue weighted by Crippen LogP contribution is -2.19. The average Bonchev–Trinajstić information content (AvgIpc) is 3.35. The summed E-state index contributed by atoms with van der Waals surface area (Å²) < 4.78 is 7.77. The summed E-state index contributed by atoms with van der Waals surface area (Å²) in [5.41, 5.74) is 15.3. The van der Waals surface area contributed by atoms with Gasteiger partial charge in [0, 0.05) is 23.4 Å². The van der Waals surface area contributed by atoms with Gasteiger partial charge in [0.25, 0.3) is 0 Å². The second-order valence-electron chi connectivity index (χ2n) is 7.23. The molecule has 0 spiro atoms. The van der Waals surface area contributed by atoms with E-state index in [0.29, 0.717) is 29.8 Å². The number of nitrogens with zero attached hydrogens (tertiary/aromatic N) is 1. The van der Waals surface area contributed by atoms with E-state index in [-0.39, 0.29) is 15.9 Å². The topological polar surface area (TPSA) is 83.3 Å². The molecule has 0 fully saturated rings. The smallest absolute Gasteiger partial charge is 0.320 e. The Labute approximate surface area is 196 Å². The summed E-state index contributed by atoms with van der Waals surface area (Å²) in [6, 6.07) is 18.6. The van der Waals surface area contributed by atoms with E-state index in [0.717, 1.165) is 21.8 Å². The molecule has 2 heterocycles. The molecule has 5 nitrogen and oxygen atoms in total. The number of rotatable bonds is 6. The fourth-order valence-electron chi connectivity index (χ4n) is 3.75. The van der Waals surface area contributed by atoms with Gasteiger partial charge >= 0.3 is 5.97 Å². The molecule has 1 unspecified atom stereocenters. The first-order chi connectivity index (χ1) is 14.8. The van der Waals surface area contributed by atoms with Crippen LogP contribution in [0.1, 0.15) is 40.4 Å². The van der Waals surface area contributed by atoms with Crippen LogP contribution in [0.2, 0.25) is 0 Å². The van der Waals surface area contributed by atoms with Crippen LogP contribution >= 0.6 is 36.7 Å². The maximum atomic E-state index is 13.0. The van der Waals surface area contributed by atoms with Gasteiger partial charge in [-0.1, -0.05) is 67.0 Å². The number of thiocarbonyl (C=S) groups is 3. The standard InChI is InChI=1S/C23H19N3O2S3/c24-21(30)14-10-15(22(25)31)12-16(11-14)28-23(27)17-8-9-26-18(17)6-7-19(26)20(29)13-4-2-1-3-5-13/h1-7,10-12,17H,8-9H2,(H2,24,30)(H2,25,31). The van der Waals surface area contributed by atoms with Crippen LogP contribution < -0.4 is 16.2 Å². The number of hydrogen-bond acceptors (Lipinski definition) is 5. The third-order valence-corrected chi connectivity index (χ3v) is 6.18. The number of carbonyl (C=O) groups is 1. The zero-order valence-corrected chi connectivity index (χ0v) is 18.9. The van der Waals surface area contributed by atoms with Gasteiger partial charge in [0.05, 0.1) is 16.5 Å². The fourth-order valence-corrected chi connectivity index (χ4v) is 4.30. The van der Waals surface area contributed by atoms with Gasteiger partial charge in [-0.05, 0) is 42.3 Å². The molecular weight excluding hydrogens is 446 g/mol. The molecule has 1 aliphatic rings. The van der Waals surface area contributed by atoms with Crippen LogP contribution in [-0.2, 0) is 11.3 Å². The molecule has 8 heteroatoms. The van der Waals surface area contributed by atoms with E-state index in [4.69, 9.17) is 52.9 Å². The van der Waals surface area contributed by atoms with Crippen LogP contribution in [0.5, 0.6) is 5.75 Å². The highest BCUT2D eigenvalue weighted by Crippen LogP contribution is 2.33. The lowest BCUT2D eigenvalue weighted by atomic mass is 10.0. The number of nitrogens with two attached hydrogens (primary N) is 2. The molecule has 2 aromatic carbocycles. The Bertz CT molecular complexity index is 1190. The number of ether oxygens (including phenoxy) is 1. The van der Waals surface area contributed by atoms with Gasteiger partial charge in [-0.3, -0.25) is 4.79 Å². The van der Waals surface area contributed by atoms with Crippen molar-refractivity contribution in [2.24, 2.45) is 11.5 Å². The van der Waals surface area contributed by atoms with Gasteiger partial charge in [-0.15, -0.1) is 0 Å². The number of benzene rings is 2. The van der Waals surface area contributed by atoms with Gasteiger partial charge in [-0.2, -0.15) is 0 Å². The zero-order chi connectivity index (χ0) is 22.1. The van der Waals surface area contributed by atoms with Crippen molar-refractivity contribution in [2.45, 2.75) is 18.9 Å². The normalized spacial score (nSPS) is 14.6. The molecule has 4 rings (SSSR count). The minimum atomic E-state index is -0.394. The van der Waals surface area contributed by atoms with E-state index < -0.39 is 5.92 Å². The molecule has 3 aromatic rings. The molecule has 4 N–H and O–H groups in total. The quantitative estimate of drug-likeness (QED) is 0.249. The number of aromatic nitrogens is 1. The highest BCUT2D eigenvalue weighted by molar-refractivity contribution is 7.81. The average molecular weight is 466 g/mol. The number of hydrogen-bond donors (Lipinski definition) is 2. The van der Waals surface area contributed by atoms with Crippen molar-refractivity contribution in [2.75, 3.05) is 0 Å². The van der Waals surface area contributed by atoms with E-state index in [2.05, 4.69) is 4.57 Å². The van der Waals surface area contributed by atoms with Crippen LogP contribution in [0.3, 0.4) is 0 Å². The molecule has 0 saturated carbocycles. The summed E-state index contributed by atoms with van der Waals surface area (Å²) in [5, 5.41) is 0. The first kappa shape index (κ1) is 21.3. The molecule has 0 aliphatic carbocycles. The minimum absolute atomic E-state index is 0.171. The monoisotopic (exact) mass is 465 g/mol. The minimum Gasteiger partial charge on any atom is -0.426 e. The maximum Gasteiger partial charge on any atom is 0.320 e. The van der Waals surface area contributed by atoms with Gasteiger partial charge in [0.15, 0.2) is 0 Å². The first-order valence-corrected chi connectivity index (χ1v) is 10.8. The van der Waals surface area contributed by atoms with E-state index in [9.17, 15) is 4.79 Å². The Balaban J connectivity index is 1.58. The van der Waals surface area contributed by atoms with Crippen molar-refractivity contribution in [3.8, 4) is 5.75 Å². The molecule has 1 aromatic heterocycles. The van der Waals surface area contributed by atoms with Crippen LogP contribution in [0.15, 0.2) is 60.7 Å². The lowest BCUT2D eigenvalue weighted by Gasteiger charge is -2.12. The number of esters is 1. The van der Waals surface area contributed by atoms with Gasteiger partial charge in [0.1, 0.15) is 15.7 Å². The molecule has 0 amide bonds. The molecule has 31 heavy (non-hydrogen) atoms. The molecule has 0 radical (unpaired) electrons. The van der Waals surface area contributed by atoms with Crippen molar-refractivity contribution in [1.29, 1.82) is 0 Å². The molecule has 0 bridgehead atoms. The fraction of sp³-hybridized carbons (Fsp3) is 0.130. The van der Waals surface area contributed by atoms with E-state index in [1.807, 2.05) is 42.5 Å². The van der Waals surface area contributed by atoms with Crippen LogP contribution in [0.25, 0.3) is 0 Å². The summed E-state index contributed by atoms with van der Waals surface area (Å²) in [7, 11) is 0. The van der Waals surface area contributed by atoms with Crippen LogP contribution in [0, 0.1) is 0 Å². The largest absolute Gasteiger partial charge is 0.426 e. The van der Waals surface area contributed by atoms with E-state index in [1.54, 1.807) is 18.2 Å². The summed E-state index contributed by atoms with van der Waals surface area (Å²) in [4.78, 5) is 14.1. The highest BCUT2D eigenvalue weighted by Gasteiger charge is 2.32. The SMILES string of the molecule is NC(=S)c1cc(OC(=O)C2CCn3c(C(=S)c4ccccc4)ccc32)cc(C(N)=S)c1. The zero-order valence-electron chi connectivity index (χ0n) is 16.4. The van der Waals surface area contributed by atoms with E-state index >= 15 is 0 Å². The second-order valence-corrected chi connectivity index (χ2v) is 8.52. The Morgan fingerprint density at radius 1 is 0.903 bits per heavy atom. The van der Waals surface area contributed by atoms with Crippen molar-refractivity contribution < 1.29 is 9.53 Å². The molecule has 0 saturated heterocycles. The Morgan fingerprint density at radius 2 is 1.55 bits per heavy atom. The van der Waals surface area contributed by atoms with Crippen LogP contribution in [0.4, 0.5) is 0 Å². The van der Waals surface area contributed by atoms with Gasteiger partial charge in [0.2, 0.25) is 0 Å². The Morgan fingerprint density at radius 3 is 2.16 bits per heavy atom. The Hall–Kier alpha value is -2.94. The lowest BCUT2D eigenvalue weighted by molar-refractivity contribution is -0.136. The summed E-state index contributed by atoms with van der Waals surface area (Å²) in [6.45, 7) is 0.690. The van der Waals surface area contributed by atoms with Crippen molar-refractivity contribution in [1.82, 2.24) is 4.57 Å². The third-order valence-electron chi connectivity index (χ3n) is 5.26. The summed E-state index contributed by atoms with van der Waals surface area (Å²) >= 11 is 15.8. The molecular formula is C23H19N3O2S3. The van der Waals surface area contributed by atoms with Crippen molar-refractivity contribution >= 4 is 57.5 Å². The molecule has 1 atom stereocenters. The summed E-state index contributed by atoms with van der Waals surface area (Å²) in [5.74, 6) is -0.444. The Kier molecular flexibility index (Phi) is 5.95. The first-order valence-electron chi connectivity index (χ1n) is 9.60. The maximum absolute atomic E-state index is 13.0. The van der Waals surface area contributed by atoms with Crippen molar-refractivity contribution in [3.05, 3.63) is 88.7 Å². The second kappa shape index (κ2) is 8.66. The number of fused-ring (bicyclic) bond motifs is 1. The summed E-state index contributed by atoms with van der Waals surface area (Å²) in [6.07, 6.45) is 0.635. The predicted octanol–water partition coefficient (Wildman–Crippen LogP) is 3.62. The van der Waals surface area contributed by atoms with Crippen molar-refractivity contribution in [3.63, 3.8) is 0 Å². The van der Waals surface area contributed by atoms with Gasteiger partial charge < -0.3 is 20.8 Å². The molecule has 1 aliphatic heterocycles. The van der Waals surface area contributed by atoms with E-state index in [1.165, 1.54) is 0 Å².